The van der Waals surface area contributed by atoms with Gasteiger partial charge < -0.3 is 14.4 Å². The second-order valence-corrected chi connectivity index (χ2v) is 6.21. The summed E-state index contributed by atoms with van der Waals surface area (Å²) in [5, 5.41) is 1.97. The maximum atomic E-state index is 12.9. The van der Waals surface area contributed by atoms with Crippen molar-refractivity contribution in [3.63, 3.8) is 0 Å². The first kappa shape index (κ1) is 18.1. The third kappa shape index (κ3) is 3.17. The Hall–Kier alpha value is -2.27. The van der Waals surface area contributed by atoms with Crippen LogP contribution in [0, 0.1) is 0 Å². The molecule has 1 aromatic carbocycles. The summed E-state index contributed by atoms with van der Waals surface area (Å²) in [6.07, 6.45) is 2.23. The van der Waals surface area contributed by atoms with Crippen molar-refractivity contribution in [2.45, 2.75) is 18.9 Å². The van der Waals surface area contributed by atoms with E-state index in [0.29, 0.717) is 13.0 Å². The Labute approximate surface area is 147 Å². The van der Waals surface area contributed by atoms with Gasteiger partial charge in [-0.1, -0.05) is 12.1 Å². The molecule has 0 aliphatic carbocycles. The van der Waals surface area contributed by atoms with Gasteiger partial charge in [0.1, 0.15) is 5.75 Å². The molecule has 0 bridgehead atoms. The van der Waals surface area contributed by atoms with Crippen LogP contribution in [0.4, 0.5) is 5.69 Å². The molecule has 0 aliphatic heterocycles. The van der Waals surface area contributed by atoms with Gasteiger partial charge in [-0.3, -0.25) is 0 Å². The Bertz CT molecular complexity index is 666. The summed E-state index contributed by atoms with van der Waals surface area (Å²) in [6.45, 7) is 6.53. The number of benzene rings is 1. The largest absolute Gasteiger partial charge is 0.497 e. The van der Waals surface area contributed by atoms with Crippen LogP contribution in [0.1, 0.15) is 18.2 Å². The van der Waals surface area contributed by atoms with Crippen LogP contribution in [0.2, 0.25) is 0 Å². The zero-order valence-electron chi connectivity index (χ0n) is 14.3. The van der Waals surface area contributed by atoms with Crippen LogP contribution < -0.4 is 9.64 Å². The van der Waals surface area contributed by atoms with Crippen molar-refractivity contribution in [3.8, 4) is 5.75 Å². The van der Waals surface area contributed by atoms with Crippen molar-refractivity contribution in [2.24, 2.45) is 0 Å². The molecule has 0 aliphatic rings. The highest BCUT2D eigenvalue weighted by Crippen LogP contribution is 2.40. The summed E-state index contributed by atoms with van der Waals surface area (Å²) in [5.74, 6) is 0.487. The zero-order chi connectivity index (χ0) is 17.6. The Morgan fingerprint density at radius 1 is 1.29 bits per heavy atom. The van der Waals surface area contributed by atoms with E-state index < -0.39 is 5.54 Å². The number of rotatable bonds is 8. The molecule has 2 aromatic rings. The number of esters is 1. The van der Waals surface area contributed by atoms with Crippen LogP contribution in [0.25, 0.3) is 0 Å². The Morgan fingerprint density at radius 3 is 2.46 bits per heavy atom. The fourth-order valence-electron chi connectivity index (χ4n) is 2.96. The second-order valence-electron chi connectivity index (χ2n) is 5.26. The zero-order valence-corrected chi connectivity index (χ0v) is 15.1. The third-order valence-corrected chi connectivity index (χ3v) is 5.07. The molecule has 0 amide bonds. The first-order valence-electron chi connectivity index (χ1n) is 7.79. The van der Waals surface area contributed by atoms with Crippen molar-refractivity contribution < 1.29 is 14.3 Å². The Kier molecular flexibility index (Phi) is 6.04. The molecule has 0 N–H and O–H groups in total. The van der Waals surface area contributed by atoms with E-state index >= 15 is 0 Å². The molecular formula is C19H23NO3S. The number of carbonyl (C=O) groups excluding carboxylic acids is 1. The van der Waals surface area contributed by atoms with Gasteiger partial charge in [0.25, 0.3) is 0 Å². The topological polar surface area (TPSA) is 38.8 Å². The van der Waals surface area contributed by atoms with E-state index in [9.17, 15) is 4.79 Å². The van der Waals surface area contributed by atoms with E-state index in [1.54, 1.807) is 24.5 Å². The molecule has 1 unspecified atom stereocenters. The van der Waals surface area contributed by atoms with E-state index in [1.807, 2.05) is 48.7 Å². The Balaban J connectivity index is 2.61. The van der Waals surface area contributed by atoms with E-state index in [2.05, 4.69) is 11.5 Å². The first-order chi connectivity index (χ1) is 11.6. The second kappa shape index (κ2) is 8.02. The number of thiophene rings is 1. The number of carbonyl (C=O) groups is 1. The lowest BCUT2D eigenvalue weighted by Crippen LogP contribution is -2.52. The van der Waals surface area contributed by atoms with Gasteiger partial charge in [0, 0.05) is 23.5 Å². The molecule has 0 spiro atoms. The lowest BCUT2D eigenvalue weighted by molar-refractivity contribution is -0.147. The molecule has 1 heterocycles. The van der Waals surface area contributed by atoms with Gasteiger partial charge in [0.05, 0.1) is 14.2 Å². The standard InChI is InChI=1S/C19H23NO3S/c1-5-13-19(18(21)23-4,17-8-7-14-24-17)20(6-2)15-9-11-16(22-3)12-10-15/h5,7-12,14H,1,6,13H2,2-4H3. The normalized spacial score (nSPS) is 13.0. The molecule has 0 saturated carbocycles. The number of hydrogen-bond donors (Lipinski definition) is 0. The number of anilines is 1. The van der Waals surface area contributed by atoms with E-state index in [4.69, 9.17) is 9.47 Å². The molecule has 1 aromatic heterocycles. The smallest absolute Gasteiger partial charge is 0.337 e. The highest BCUT2D eigenvalue weighted by atomic mass is 32.1. The third-order valence-electron chi connectivity index (χ3n) is 4.05. The predicted molar refractivity (Wildman–Crippen MR) is 98.8 cm³/mol. The van der Waals surface area contributed by atoms with Crippen LogP contribution in [0.15, 0.2) is 54.4 Å². The summed E-state index contributed by atoms with van der Waals surface area (Å²) in [5.41, 5.74) is 0.00697. The summed E-state index contributed by atoms with van der Waals surface area (Å²) in [7, 11) is 3.06. The van der Waals surface area contributed by atoms with Crippen molar-refractivity contribution in [2.75, 3.05) is 25.7 Å². The van der Waals surface area contributed by atoms with Crippen molar-refractivity contribution in [1.82, 2.24) is 0 Å². The monoisotopic (exact) mass is 345 g/mol. The molecule has 5 heteroatoms. The molecule has 1 atom stereocenters. The molecule has 0 saturated heterocycles. The van der Waals surface area contributed by atoms with Crippen LogP contribution in [-0.4, -0.2) is 26.7 Å². The van der Waals surface area contributed by atoms with Crippen LogP contribution in [-0.2, 0) is 15.1 Å². The maximum absolute atomic E-state index is 12.9. The molecular weight excluding hydrogens is 322 g/mol. The summed E-state index contributed by atoms with van der Waals surface area (Å²) in [6, 6.07) is 11.6. The highest BCUT2D eigenvalue weighted by Gasteiger charge is 2.46. The van der Waals surface area contributed by atoms with Gasteiger partial charge in [-0.2, -0.15) is 0 Å². The fourth-order valence-corrected chi connectivity index (χ4v) is 3.90. The molecule has 4 nitrogen and oxygen atoms in total. The molecule has 0 radical (unpaired) electrons. The number of likely N-dealkylation sites (N-methyl/N-ethyl adjacent to an activating group) is 1. The minimum Gasteiger partial charge on any atom is -0.497 e. The number of ether oxygens (including phenoxy) is 2. The van der Waals surface area contributed by atoms with Crippen LogP contribution in [0.3, 0.4) is 0 Å². The van der Waals surface area contributed by atoms with E-state index in [0.717, 1.165) is 16.3 Å². The van der Waals surface area contributed by atoms with Gasteiger partial charge in [-0.15, -0.1) is 17.9 Å². The Morgan fingerprint density at radius 2 is 2.00 bits per heavy atom. The van der Waals surface area contributed by atoms with E-state index in [1.165, 1.54) is 7.11 Å². The summed E-state index contributed by atoms with van der Waals surface area (Å²) >= 11 is 1.54. The van der Waals surface area contributed by atoms with Gasteiger partial charge in [-0.05, 0) is 42.6 Å². The van der Waals surface area contributed by atoms with E-state index in [-0.39, 0.29) is 5.97 Å². The maximum Gasteiger partial charge on any atom is 0.337 e. The van der Waals surface area contributed by atoms with Gasteiger partial charge in [0.2, 0.25) is 0 Å². The lowest BCUT2D eigenvalue weighted by atomic mass is 9.89. The van der Waals surface area contributed by atoms with Crippen molar-refractivity contribution in [1.29, 1.82) is 0 Å². The predicted octanol–water partition coefficient (Wildman–Crippen LogP) is 4.23. The average Bonchev–Trinajstić information content (AvgIpc) is 3.16. The fraction of sp³-hybridized carbons (Fsp3) is 0.316. The van der Waals surface area contributed by atoms with Gasteiger partial charge in [-0.25, -0.2) is 4.79 Å². The number of methoxy groups -OCH3 is 2. The number of nitrogens with zero attached hydrogens (tertiary/aromatic N) is 1. The minimum absolute atomic E-state index is 0.289. The average molecular weight is 345 g/mol. The van der Waals surface area contributed by atoms with Crippen LogP contribution >= 0.6 is 11.3 Å². The van der Waals surface area contributed by atoms with Gasteiger partial charge in [0.15, 0.2) is 5.54 Å². The molecule has 0 fully saturated rings. The van der Waals surface area contributed by atoms with Crippen molar-refractivity contribution >= 4 is 23.0 Å². The van der Waals surface area contributed by atoms with Crippen molar-refractivity contribution in [3.05, 3.63) is 59.3 Å². The highest BCUT2D eigenvalue weighted by molar-refractivity contribution is 7.10. The lowest BCUT2D eigenvalue weighted by Gasteiger charge is -2.41. The molecule has 24 heavy (non-hydrogen) atoms. The quantitative estimate of drug-likeness (QED) is 0.530. The van der Waals surface area contributed by atoms with Crippen LogP contribution in [0.5, 0.6) is 5.75 Å². The summed E-state index contributed by atoms with van der Waals surface area (Å²) in [4.78, 5) is 15.9. The molecule has 2 rings (SSSR count). The first-order valence-corrected chi connectivity index (χ1v) is 8.67. The van der Waals surface area contributed by atoms with Gasteiger partial charge >= 0.3 is 5.97 Å². The minimum atomic E-state index is -0.923. The summed E-state index contributed by atoms with van der Waals surface area (Å²) < 4.78 is 10.4. The molecule has 128 valence electrons. The SMILES string of the molecule is C=CCC(C(=O)OC)(c1cccs1)N(CC)c1ccc(OC)cc1. The number of hydrogen-bond acceptors (Lipinski definition) is 5.